The van der Waals surface area contributed by atoms with E-state index in [1.54, 1.807) is 0 Å². The highest BCUT2D eigenvalue weighted by atomic mass is 16.5. The third-order valence-corrected chi connectivity index (χ3v) is 4.39. The number of para-hydroxylation sites is 1. The Morgan fingerprint density at radius 2 is 2.05 bits per heavy atom. The summed E-state index contributed by atoms with van der Waals surface area (Å²) in [4.78, 5) is 14.4. The molecule has 2 saturated heterocycles. The number of hydrogen-bond donors (Lipinski definition) is 2. The molecule has 0 radical (unpaired) electrons. The highest BCUT2D eigenvalue weighted by Crippen LogP contribution is 2.23. The molecule has 5 heteroatoms. The first kappa shape index (κ1) is 15.2. The first-order chi connectivity index (χ1) is 10.8. The van der Waals surface area contributed by atoms with Crippen LogP contribution < -0.4 is 15.5 Å². The van der Waals surface area contributed by atoms with Gasteiger partial charge in [-0.1, -0.05) is 18.2 Å². The van der Waals surface area contributed by atoms with E-state index < -0.39 is 0 Å². The van der Waals surface area contributed by atoms with E-state index in [2.05, 4.69) is 33.7 Å². The second-order valence-corrected chi connectivity index (χ2v) is 6.06. The van der Waals surface area contributed by atoms with Gasteiger partial charge in [0.2, 0.25) is 0 Å². The Morgan fingerprint density at radius 1 is 1.23 bits per heavy atom. The van der Waals surface area contributed by atoms with Crippen LogP contribution in [0.3, 0.4) is 0 Å². The van der Waals surface area contributed by atoms with Crippen molar-refractivity contribution in [1.29, 1.82) is 0 Å². The van der Waals surface area contributed by atoms with Crippen molar-refractivity contribution >= 4 is 11.7 Å². The standard InChI is InChI=1S/C17H25N3O2/c21-17(19-15-8-11-22-13-15)18-12-14-6-2-3-7-16(14)20-9-4-1-5-10-20/h2-3,6-7,15H,1,4-5,8-13H2,(H2,18,19,21)/t15-/m0/s1. The number of anilines is 1. The smallest absolute Gasteiger partial charge is 0.315 e. The SMILES string of the molecule is O=C(NCc1ccccc1N1CCCCC1)N[C@H]1CCOC1. The summed E-state index contributed by atoms with van der Waals surface area (Å²) >= 11 is 0. The summed E-state index contributed by atoms with van der Waals surface area (Å²) in [6, 6.07) is 8.41. The number of piperidine rings is 1. The molecule has 1 atom stereocenters. The van der Waals surface area contributed by atoms with Gasteiger partial charge in [-0.15, -0.1) is 0 Å². The Hall–Kier alpha value is -1.75. The van der Waals surface area contributed by atoms with E-state index in [0.717, 1.165) is 26.1 Å². The molecule has 120 valence electrons. The molecule has 2 aliphatic rings. The number of hydrogen-bond acceptors (Lipinski definition) is 3. The average molecular weight is 303 g/mol. The lowest BCUT2D eigenvalue weighted by Crippen LogP contribution is -2.42. The molecular weight excluding hydrogens is 278 g/mol. The maximum atomic E-state index is 12.0. The van der Waals surface area contributed by atoms with Gasteiger partial charge in [0.05, 0.1) is 12.6 Å². The highest BCUT2D eigenvalue weighted by molar-refractivity contribution is 5.74. The van der Waals surface area contributed by atoms with Crippen LogP contribution in [0.4, 0.5) is 10.5 Å². The van der Waals surface area contributed by atoms with Gasteiger partial charge >= 0.3 is 6.03 Å². The summed E-state index contributed by atoms with van der Waals surface area (Å²) in [5.41, 5.74) is 2.44. The maximum Gasteiger partial charge on any atom is 0.315 e. The number of carbonyl (C=O) groups excluding carboxylic acids is 1. The third-order valence-electron chi connectivity index (χ3n) is 4.39. The first-order valence-electron chi connectivity index (χ1n) is 8.28. The van der Waals surface area contributed by atoms with Crippen molar-refractivity contribution in [3.8, 4) is 0 Å². The molecule has 2 heterocycles. The van der Waals surface area contributed by atoms with E-state index in [4.69, 9.17) is 4.74 Å². The van der Waals surface area contributed by atoms with E-state index in [-0.39, 0.29) is 12.1 Å². The Morgan fingerprint density at radius 3 is 2.82 bits per heavy atom. The van der Waals surface area contributed by atoms with Crippen LogP contribution in [0.5, 0.6) is 0 Å². The lowest BCUT2D eigenvalue weighted by atomic mass is 10.1. The molecule has 1 aromatic rings. The zero-order valence-corrected chi connectivity index (χ0v) is 13.0. The minimum Gasteiger partial charge on any atom is -0.379 e. The van der Waals surface area contributed by atoms with Crippen LogP contribution >= 0.6 is 0 Å². The number of ether oxygens (including phenoxy) is 1. The van der Waals surface area contributed by atoms with Gasteiger partial charge < -0.3 is 20.3 Å². The molecule has 2 aliphatic heterocycles. The molecule has 0 aromatic heterocycles. The molecule has 0 bridgehead atoms. The summed E-state index contributed by atoms with van der Waals surface area (Å²) < 4.78 is 5.27. The molecule has 5 nitrogen and oxygen atoms in total. The quantitative estimate of drug-likeness (QED) is 0.897. The predicted molar refractivity (Wildman–Crippen MR) is 87.1 cm³/mol. The van der Waals surface area contributed by atoms with Crippen LogP contribution in [-0.2, 0) is 11.3 Å². The average Bonchev–Trinajstić information content (AvgIpc) is 3.07. The van der Waals surface area contributed by atoms with Crippen LogP contribution in [0.25, 0.3) is 0 Å². The number of benzene rings is 1. The number of rotatable bonds is 4. The van der Waals surface area contributed by atoms with Crippen molar-refractivity contribution in [2.45, 2.75) is 38.3 Å². The Balaban J connectivity index is 1.56. The van der Waals surface area contributed by atoms with E-state index in [9.17, 15) is 4.79 Å². The summed E-state index contributed by atoms with van der Waals surface area (Å²) in [6.07, 6.45) is 4.73. The van der Waals surface area contributed by atoms with Crippen molar-refractivity contribution in [2.24, 2.45) is 0 Å². The molecule has 0 saturated carbocycles. The van der Waals surface area contributed by atoms with Crippen molar-refractivity contribution < 1.29 is 9.53 Å². The number of nitrogens with zero attached hydrogens (tertiary/aromatic N) is 1. The lowest BCUT2D eigenvalue weighted by Gasteiger charge is -2.30. The van der Waals surface area contributed by atoms with Gasteiger partial charge in [-0.2, -0.15) is 0 Å². The fraction of sp³-hybridized carbons (Fsp3) is 0.588. The minimum atomic E-state index is -0.107. The predicted octanol–water partition coefficient (Wildman–Crippen LogP) is 2.27. The van der Waals surface area contributed by atoms with Gasteiger partial charge in [0.15, 0.2) is 0 Å². The van der Waals surface area contributed by atoms with E-state index in [1.165, 1.54) is 30.5 Å². The summed E-state index contributed by atoms with van der Waals surface area (Å²) in [7, 11) is 0. The molecule has 2 amide bonds. The Bertz CT molecular complexity index is 494. The summed E-state index contributed by atoms with van der Waals surface area (Å²) in [5.74, 6) is 0. The number of carbonyl (C=O) groups is 1. The van der Waals surface area contributed by atoms with Crippen LogP contribution in [0.2, 0.25) is 0 Å². The molecule has 22 heavy (non-hydrogen) atoms. The number of nitrogens with one attached hydrogen (secondary N) is 2. The monoisotopic (exact) mass is 303 g/mol. The second-order valence-electron chi connectivity index (χ2n) is 6.06. The Kier molecular flexibility index (Phi) is 5.16. The highest BCUT2D eigenvalue weighted by Gasteiger charge is 2.18. The molecule has 1 aromatic carbocycles. The first-order valence-corrected chi connectivity index (χ1v) is 8.28. The summed E-state index contributed by atoms with van der Waals surface area (Å²) in [6.45, 7) is 4.15. The van der Waals surface area contributed by atoms with Gasteiger partial charge in [-0.25, -0.2) is 4.79 Å². The van der Waals surface area contributed by atoms with Crippen LogP contribution in [0.15, 0.2) is 24.3 Å². The fourth-order valence-electron chi connectivity index (χ4n) is 3.16. The van der Waals surface area contributed by atoms with Crippen molar-refractivity contribution in [1.82, 2.24) is 10.6 Å². The van der Waals surface area contributed by atoms with E-state index in [1.807, 2.05) is 6.07 Å². The molecule has 3 rings (SSSR count). The zero-order chi connectivity index (χ0) is 15.2. The zero-order valence-electron chi connectivity index (χ0n) is 13.0. The second kappa shape index (κ2) is 7.49. The molecule has 2 N–H and O–H groups in total. The molecule has 0 unspecified atom stereocenters. The fourth-order valence-corrected chi connectivity index (χ4v) is 3.16. The molecule has 2 fully saturated rings. The van der Waals surface area contributed by atoms with E-state index in [0.29, 0.717) is 13.2 Å². The molecular formula is C17H25N3O2. The van der Waals surface area contributed by atoms with Crippen LogP contribution in [0, 0.1) is 0 Å². The normalized spacial score (nSPS) is 21.6. The number of urea groups is 1. The van der Waals surface area contributed by atoms with Crippen LogP contribution in [-0.4, -0.2) is 38.4 Å². The van der Waals surface area contributed by atoms with Crippen molar-refractivity contribution in [2.75, 3.05) is 31.2 Å². The number of amides is 2. The lowest BCUT2D eigenvalue weighted by molar-refractivity contribution is 0.188. The molecule has 0 spiro atoms. The van der Waals surface area contributed by atoms with Gasteiger partial charge in [-0.3, -0.25) is 0 Å². The third kappa shape index (κ3) is 3.91. The minimum absolute atomic E-state index is 0.107. The largest absolute Gasteiger partial charge is 0.379 e. The summed E-state index contributed by atoms with van der Waals surface area (Å²) in [5, 5.41) is 5.93. The maximum absolute atomic E-state index is 12.0. The van der Waals surface area contributed by atoms with Crippen molar-refractivity contribution in [3.05, 3.63) is 29.8 Å². The topological polar surface area (TPSA) is 53.6 Å². The molecule has 0 aliphatic carbocycles. The van der Waals surface area contributed by atoms with Gasteiger partial charge in [0.25, 0.3) is 0 Å². The van der Waals surface area contributed by atoms with Crippen molar-refractivity contribution in [3.63, 3.8) is 0 Å². The van der Waals surface area contributed by atoms with Gasteiger partial charge in [0.1, 0.15) is 0 Å². The van der Waals surface area contributed by atoms with Gasteiger partial charge in [-0.05, 0) is 37.3 Å². The van der Waals surface area contributed by atoms with E-state index >= 15 is 0 Å². The van der Waals surface area contributed by atoms with Crippen LogP contribution in [0.1, 0.15) is 31.2 Å². The van der Waals surface area contributed by atoms with Gasteiger partial charge in [0, 0.05) is 31.9 Å². The Labute approximate surface area is 132 Å².